The van der Waals surface area contributed by atoms with E-state index in [0.717, 1.165) is 122 Å². The summed E-state index contributed by atoms with van der Waals surface area (Å²) in [4.78, 5) is 38.4. The molecule has 0 aromatic heterocycles. The minimum atomic E-state index is -0.792. The molecule has 0 spiro atoms. The Labute approximate surface area is 489 Å². The van der Waals surface area contributed by atoms with Gasteiger partial charge >= 0.3 is 17.9 Å². The van der Waals surface area contributed by atoms with E-state index in [1.807, 2.05) is 0 Å². The number of carbonyl (C=O) groups excluding carboxylic acids is 3. The highest BCUT2D eigenvalue weighted by Crippen LogP contribution is 2.16. The number of hydrogen-bond acceptors (Lipinski definition) is 6. The topological polar surface area (TPSA) is 78.9 Å². The fraction of sp³-hybridized carbons (Fsp3) is 0.712. The Bertz CT molecular complexity index is 1590. The molecule has 1 unspecified atom stereocenters. The summed E-state index contributed by atoms with van der Waals surface area (Å²) in [5.74, 6) is -0.902. The minimum absolute atomic E-state index is 0.0873. The van der Waals surface area contributed by atoms with Gasteiger partial charge in [0, 0.05) is 19.3 Å². The van der Waals surface area contributed by atoms with Crippen LogP contribution in [0, 0.1) is 0 Å². The van der Waals surface area contributed by atoms with Crippen molar-refractivity contribution >= 4 is 17.9 Å². The molecule has 0 heterocycles. The van der Waals surface area contributed by atoms with E-state index in [4.69, 9.17) is 14.2 Å². The van der Waals surface area contributed by atoms with Gasteiger partial charge in [0.15, 0.2) is 6.10 Å². The third kappa shape index (κ3) is 64.8. The Morgan fingerprint density at radius 3 is 0.772 bits per heavy atom. The van der Waals surface area contributed by atoms with Crippen LogP contribution in [0.1, 0.15) is 316 Å². The highest BCUT2D eigenvalue weighted by Gasteiger charge is 2.19. The Morgan fingerprint density at radius 2 is 0.494 bits per heavy atom. The smallest absolute Gasteiger partial charge is 0.306 e. The second-order valence-electron chi connectivity index (χ2n) is 22.0. The Balaban J connectivity index is 4.36. The van der Waals surface area contributed by atoms with Gasteiger partial charge in [-0.2, -0.15) is 0 Å². The van der Waals surface area contributed by atoms with Gasteiger partial charge in [-0.15, -0.1) is 0 Å². The molecular weight excluding hydrogens is 973 g/mol. The summed E-state index contributed by atoms with van der Waals surface area (Å²) in [6.07, 6.45) is 90.9. The lowest BCUT2D eigenvalue weighted by molar-refractivity contribution is -0.167. The molecule has 79 heavy (non-hydrogen) atoms. The standard InChI is InChI=1S/C73H124O6/c1-4-7-10-13-16-19-22-25-28-31-33-34-35-36-37-38-39-40-41-43-45-48-51-54-57-60-63-66-72(75)78-69-70(68-77-71(74)65-62-59-56-53-50-47-44-30-27-24-21-18-15-12-9-6-3)79-73(76)67-64-61-58-55-52-49-46-42-32-29-26-23-20-17-14-11-8-5-2/h7,10,16,19-21,23-25,28-30,32-34,36-37,44,70H,4-6,8-9,11-15,17-18,22,26-27,31,35,38-43,45-69H2,1-3H3/b10-7-,19-16-,23-20-,24-21-,28-25-,32-29-,34-33-,37-36-,44-30-. The first-order valence-corrected chi connectivity index (χ1v) is 33.4. The largest absolute Gasteiger partial charge is 0.462 e. The molecule has 0 aliphatic heterocycles. The van der Waals surface area contributed by atoms with E-state index in [1.54, 1.807) is 0 Å². The Kier molecular flexibility index (Phi) is 63.3. The van der Waals surface area contributed by atoms with Crippen LogP contribution in [0.4, 0.5) is 0 Å². The van der Waals surface area contributed by atoms with Gasteiger partial charge in [-0.1, -0.05) is 278 Å². The summed E-state index contributed by atoms with van der Waals surface area (Å²) in [5.41, 5.74) is 0. The normalized spacial score (nSPS) is 12.8. The molecule has 6 nitrogen and oxygen atoms in total. The molecule has 0 rings (SSSR count). The summed E-state index contributed by atoms with van der Waals surface area (Å²) < 4.78 is 16.9. The molecule has 0 N–H and O–H groups in total. The number of carbonyl (C=O) groups is 3. The molecule has 0 aliphatic carbocycles. The quantitative estimate of drug-likeness (QED) is 0.0261. The molecule has 6 heteroatoms. The second-order valence-corrected chi connectivity index (χ2v) is 22.0. The number of rotatable bonds is 60. The second kappa shape index (κ2) is 66.6. The average Bonchev–Trinajstić information content (AvgIpc) is 3.45. The SMILES string of the molecule is CC/C=C\C/C=C\C/C=C\C/C=C\C/C=C\CCCCCCCCCCCCCC(=O)OCC(COC(=O)CCCCCCC/C=C\C/C=C\CCCCCC)OC(=O)CCCCCCCCC/C=C\C/C=C\CCCCCC. The molecule has 0 fully saturated rings. The van der Waals surface area contributed by atoms with Gasteiger partial charge in [0.1, 0.15) is 13.2 Å². The van der Waals surface area contributed by atoms with Crippen molar-refractivity contribution in [3.05, 3.63) is 109 Å². The van der Waals surface area contributed by atoms with Crippen molar-refractivity contribution < 1.29 is 28.6 Å². The van der Waals surface area contributed by atoms with Crippen LogP contribution in [0.3, 0.4) is 0 Å². The number of hydrogen-bond donors (Lipinski definition) is 0. The van der Waals surface area contributed by atoms with E-state index < -0.39 is 6.10 Å². The Hall–Kier alpha value is -3.93. The lowest BCUT2D eigenvalue weighted by atomic mass is 10.0. The predicted octanol–water partition coefficient (Wildman–Crippen LogP) is 23.0. The summed E-state index contributed by atoms with van der Waals surface area (Å²) in [5, 5.41) is 0. The third-order valence-electron chi connectivity index (χ3n) is 14.2. The average molecular weight is 1100 g/mol. The van der Waals surface area contributed by atoms with Crippen LogP contribution in [0.25, 0.3) is 0 Å². The molecule has 0 saturated heterocycles. The lowest BCUT2D eigenvalue weighted by Crippen LogP contribution is -2.30. The van der Waals surface area contributed by atoms with Crippen LogP contribution >= 0.6 is 0 Å². The van der Waals surface area contributed by atoms with Gasteiger partial charge in [0.2, 0.25) is 0 Å². The van der Waals surface area contributed by atoms with E-state index in [1.165, 1.54) is 154 Å². The zero-order chi connectivity index (χ0) is 57.1. The fourth-order valence-corrected chi connectivity index (χ4v) is 9.24. The maximum atomic E-state index is 12.9. The van der Waals surface area contributed by atoms with Crippen molar-refractivity contribution in [2.24, 2.45) is 0 Å². The number of allylic oxidation sites excluding steroid dienone is 18. The number of ether oxygens (including phenoxy) is 3. The first kappa shape index (κ1) is 75.1. The van der Waals surface area contributed by atoms with Gasteiger partial charge in [-0.3, -0.25) is 14.4 Å². The van der Waals surface area contributed by atoms with Crippen molar-refractivity contribution in [1.29, 1.82) is 0 Å². The van der Waals surface area contributed by atoms with Crippen LogP contribution in [-0.4, -0.2) is 37.2 Å². The van der Waals surface area contributed by atoms with Crippen molar-refractivity contribution in [2.45, 2.75) is 322 Å². The van der Waals surface area contributed by atoms with Gasteiger partial charge in [0.25, 0.3) is 0 Å². The van der Waals surface area contributed by atoms with Crippen molar-refractivity contribution in [2.75, 3.05) is 13.2 Å². The molecule has 0 aliphatic rings. The molecule has 0 aromatic rings. The van der Waals surface area contributed by atoms with E-state index in [0.29, 0.717) is 19.3 Å². The molecule has 1 atom stereocenters. The fourth-order valence-electron chi connectivity index (χ4n) is 9.24. The number of unbranched alkanes of at least 4 members (excludes halogenated alkanes) is 31. The molecular formula is C73H124O6. The summed E-state index contributed by atoms with van der Waals surface area (Å²) in [6.45, 7) is 6.50. The van der Waals surface area contributed by atoms with Crippen LogP contribution < -0.4 is 0 Å². The maximum absolute atomic E-state index is 12.9. The maximum Gasteiger partial charge on any atom is 0.306 e. The van der Waals surface area contributed by atoms with Gasteiger partial charge in [0.05, 0.1) is 0 Å². The van der Waals surface area contributed by atoms with Crippen molar-refractivity contribution in [3.8, 4) is 0 Å². The van der Waals surface area contributed by atoms with Crippen LogP contribution in [-0.2, 0) is 28.6 Å². The van der Waals surface area contributed by atoms with E-state index in [-0.39, 0.29) is 31.1 Å². The van der Waals surface area contributed by atoms with Crippen LogP contribution in [0.15, 0.2) is 109 Å². The molecule has 0 aromatic carbocycles. The summed E-state index contributed by atoms with van der Waals surface area (Å²) in [6, 6.07) is 0. The van der Waals surface area contributed by atoms with Crippen LogP contribution in [0.2, 0.25) is 0 Å². The highest BCUT2D eigenvalue weighted by molar-refractivity contribution is 5.71. The Morgan fingerprint density at radius 1 is 0.266 bits per heavy atom. The first-order valence-electron chi connectivity index (χ1n) is 33.4. The monoisotopic (exact) mass is 1100 g/mol. The minimum Gasteiger partial charge on any atom is -0.462 e. The lowest BCUT2D eigenvalue weighted by Gasteiger charge is -2.18. The van der Waals surface area contributed by atoms with E-state index in [9.17, 15) is 14.4 Å². The van der Waals surface area contributed by atoms with Gasteiger partial charge in [-0.05, 0) is 128 Å². The van der Waals surface area contributed by atoms with E-state index >= 15 is 0 Å². The predicted molar refractivity (Wildman–Crippen MR) is 343 cm³/mol. The summed E-state index contributed by atoms with van der Waals surface area (Å²) in [7, 11) is 0. The highest BCUT2D eigenvalue weighted by atomic mass is 16.6. The number of esters is 3. The summed E-state index contributed by atoms with van der Waals surface area (Å²) >= 11 is 0. The van der Waals surface area contributed by atoms with Gasteiger partial charge in [-0.25, -0.2) is 0 Å². The zero-order valence-electron chi connectivity index (χ0n) is 51.9. The molecule has 0 bridgehead atoms. The first-order chi connectivity index (χ1) is 39.0. The van der Waals surface area contributed by atoms with Gasteiger partial charge < -0.3 is 14.2 Å². The molecule has 0 saturated carbocycles. The molecule has 452 valence electrons. The molecule has 0 amide bonds. The third-order valence-corrected chi connectivity index (χ3v) is 14.2. The van der Waals surface area contributed by atoms with Crippen molar-refractivity contribution in [1.82, 2.24) is 0 Å². The zero-order valence-corrected chi connectivity index (χ0v) is 51.9. The molecule has 0 radical (unpaired) electrons. The van der Waals surface area contributed by atoms with Crippen molar-refractivity contribution in [3.63, 3.8) is 0 Å². The van der Waals surface area contributed by atoms with Crippen LogP contribution in [0.5, 0.6) is 0 Å². The van der Waals surface area contributed by atoms with E-state index in [2.05, 4.69) is 130 Å².